The summed E-state index contributed by atoms with van der Waals surface area (Å²) in [6.45, 7) is 3.71. The Balaban J connectivity index is 2.22. The zero-order chi connectivity index (χ0) is 11.4. The zero-order valence-corrected chi connectivity index (χ0v) is 9.56. The normalized spacial score (nSPS) is 20.2. The van der Waals surface area contributed by atoms with Crippen LogP contribution in [0, 0.1) is 0 Å². The quantitative estimate of drug-likeness (QED) is 0.713. The Labute approximate surface area is 94.8 Å². The van der Waals surface area contributed by atoms with Crippen LogP contribution >= 0.6 is 0 Å². The molecule has 5 nitrogen and oxygen atoms in total. The molecular weight excluding hydrogens is 206 g/mol. The van der Waals surface area contributed by atoms with E-state index >= 15 is 0 Å². The summed E-state index contributed by atoms with van der Waals surface area (Å²) in [4.78, 5) is 10.9. The van der Waals surface area contributed by atoms with Gasteiger partial charge in [-0.1, -0.05) is 18.6 Å². The molecule has 1 aromatic rings. The average Bonchev–Trinajstić information content (AvgIpc) is 2.94. The van der Waals surface area contributed by atoms with Crippen molar-refractivity contribution in [1.82, 2.24) is 15.0 Å². The fraction of sp³-hybridized carbons (Fsp3) is 0.727. The van der Waals surface area contributed by atoms with Crippen LogP contribution in [-0.4, -0.2) is 27.9 Å². The van der Waals surface area contributed by atoms with E-state index in [0.29, 0.717) is 5.69 Å². The van der Waals surface area contributed by atoms with Gasteiger partial charge in [-0.15, -0.1) is 5.10 Å². The Morgan fingerprint density at radius 2 is 2.50 bits per heavy atom. The Kier molecular flexibility index (Phi) is 3.66. The van der Waals surface area contributed by atoms with Crippen molar-refractivity contribution in [2.75, 3.05) is 6.61 Å². The summed E-state index contributed by atoms with van der Waals surface area (Å²) in [5.74, 6) is 0. The van der Waals surface area contributed by atoms with Gasteiger partial charge in [0.15, 0.2) is 12.0 Å². The van der Waals surface area contributed by atoms with E-state index in [9.17, 15) is 4.79 Å². The number of aromatic nitrogens is 3. The van der Waals surface area contributed by atoms with Gasteiger partial charge < -0.3 is 4.74 Å². The fourth-order valence-corrected chi connectivity index (χ4v) is 2.02. The van der Waals surface area contributed by atoms with Crippen LogP contribution in [-0.2, 0) is 11.3 Å². The number of carbonyl (C=O) groups excluding carboxylic acids is 1. The van der Waals surface area contributed by atoms with Crippen LogP contribution < -0.4 is 0 Å². The summed E-state index contributed by atoms with van der Waals surface area (Å²) >= 11 is 0. The van der Waals surface area contributed by atoms with E-state index < -0.39 is 0 Å². The van der Waals surface area contributed by atoms with Crippen molar-refractivity contribution >= 4 is 6.29 Å². The van der Waals surface area contributed by atoms with Crippen molar-refractivity contribution in [2.24, 2.45) is 0 Å². The SMILES string of the molecule is CCCCn1nnc(C=O)c1C1CCCO1. The maximum Gasteiger partial charge on any atom is 0.172 e. The number of rotatable bonds is 5. The fourth-order valence-electron chi connectivity index (χ4n) is 2.02. The predicted octanol–water partition coefficient (Wildman–Crippen LogP) is 1.74. The number of carbonyl (C=O) groups is 1. The van der Waals surface area contributed by atoms with Gasteiger partial charge in [0.2, 0.25) is 0 Å². The molecular formula is C11H17N3O2. The summed E-state index contributed by atoms with van der Waals surface area (Å²) < 4.78 is 7.42. The lowest BCUT2D eigenvalue weighted by Crippen LogP contribution is -2.10. The van der Waals surface area contributed by atoms with Gasteiger partial charge in [-0.05, 0) is 19.3 Å². The van der Waals surface area contributed by atoms with Crippen LogP contribution in [0.1, 0.15) is 54.9 Å². The van der Waals surface area contributed by atoms with Gasteiger partial charge in [-0.2, -0.15) is 0 Å². The molecule has 0 radical (unpaired) electrons. The van der Waals surface area contributed by atoms with Gasteiger partial charge in [-0.3, -0.25) is 4.79 Å². The first-order valence-corrected chi connectivity index (χ1v) is 5.87. The Hall–Kier alpha value is -1.23. The second-order valence-electron chi connectivity index (χ2n) is 4.06. The average molecular weight is 223 g/mol. The number of aryl methyl sites for hydroxylation is 1. The van der Waals surface area contributed by atoms with Gasteiger partial charge in [0.25, 0.3) is 0 Å². The van der Waals surface area contributed by atoms with Crippen LogP contribution in [0.3, 0.4) is 0 Å². The molecule has 0 aliphatic carbocycles. The molecule has 0 N–H and O–H groups in total. The number of aldehydes is 1. The number of hydrogen-bond acceptors (Lipinski definition) is 4. The number of nitrogens with zero attached hydrogens (tertiary/aromatic N) is 3. The molecule has 1 atom stereocenters. The molecule has 1 fully saturated rings. The Bertz CT molecular complexity index is 356. The van der Waals surface area contributed by atoms with Gasteiger partial charge >= 0.3 is 0 Å². The minimum absolute atomic E-state index is 0.00653. The molecule has 1 saturated heterocycles. The minimum Gasteiger partial charge on any atom is -0.372 e. The monoisotopic (exact) mass is 223 g/mol. The lowest BCUT2D eigenvalue weighted by atomic mass is 10.1. The second kappa shape index (κ2) is 5.21. The van der Waals surface area contributed by atoms with E-state index in [-0.39, 0.29) is 6.10 Å². The largest absolute Gasteiger partial charge is 0.372 e. The summed E-state index contributed by atoms with van der Waals surface area (Å²) in [6.07, 6.45) is 4.92. The summed E-state index contributed by atoms with van der Waals surface area (Å²) in [6, 6.07) is 0. The highest BCUT2D eigenvalue weighted by molar-refractivity contribution is 5.73. The molecule has 88 valence electrons. The van der Waals surface area contributed by atoms with E-state index in [1.54, 1.807) is 0 Å². The van der Waals surface area contributed by atoms with E-state index in [4.69, 9.17) is 4.74 Å². The number of unbranched alkanes of at least 4 members (excludes halogenated alkanes) is 1. The van der Waals surface area contributed by atoms with E-state index in [0.717, 1.165) is 50.8 Å². The molecule has 2 heterocycles. The van der Waals surface area contributed by atoms with Gasteiger partial charge in [0.05, 0.1) is 5.69 Å². The smallest absolute Gasteiger partial charge is 0.172 e. The lowest BCUT2D eigenvalue weighted by molar-refractivity contribution is 0.100. The maximum atomic E-state index is 10.9. The standard InChI is InChI=1S/C11H17N3O2/c1-2-3-6-14-11(9(8-15)12-13-14)10-5-4-7-16-10/h8,10H,2-7H2,1H3. The van der Waals surface area contributed by atoms with Crippen LogP contribution in [0.2, 0.25) is 0 Å². The van der Waals surface area contributed by atoms with Crippen LogP contribution in [0.15, 0.2) is 0 Å². The van der Waals surface area contributed by atoms with E-state index in [1.807, 2.05) is 4.68 Å². The molecule has 0 aromatic carbocycles. The minimum atomic E-state index is 0.00653. The van der Waals surface area contributed by atoms with E-state index in [1.165, 1.54) is 0 Å². The second-order valence-corrected chi connectivity index (χ2v) is 4.06. The summed E-state index contributed by atoms with van der Waals surface area (Å²) in [7, 11) is 0. The van der Waals surface area contributed by atoms with Crippen molar-refractivity contribution < 1.29 is 9.53 Å². The molecule has 1 unspecified atom stereocenters. The van der Waals surface area contributed by atoms with Crippen molar-refractivity contribution in [3.63, 3.8) is 0 Å². The van der Waals surface area contributed by atoms with E-state index in [2.05, 4.69) is 17.2 Å². The molecule has 0 spiro atoms. The molecule has 0 saturated carbocycles. The Morgan fingerprint density at radius 1 is 1.62 bits per heavy atom. The number of hydrogen-bond donors (Lipinski definition) is 0. The Morgan fingerprint density at radius 3 is 3.12 bits per heavy atom. The topological polar surface area (TPSA) is 57.0 Å². The van der Waals surface area contributed by atoms with Crippen LogP contribution in [0.4, 0.5) is 0 Å². The van der Waals surface area contributed by atoms with Crippen molar-refractivity contribution in [3.8, 4) is 0 Å². The molecule has 0 amide bonds. The lowest BCUT2D eigenvalue weighted by Gasteiger charge is -2.11. The first-order valence-electron chi connectivity index (χ1n) is 5.87. The van der Waals surface area contributed by atoms with Gasteiger partial charge in [0.1, 0.15) is 6.10 Å². The summed E-state index contributed by atoms with van der Waals surface area (Å²) in [5, 5.41) is 7.92. The number of ether oxygens (including phenoxy) is 1. The third kappa shape index (κ3) is 2.14. The molecule has 5 heteroatoms. The third-order valence-corrected chi connectivity index (χ3v) is 2.87. The first-order chi connectivity index (χ1) is 7.86. The molecule has 1 aliphatic rings. The first kappa shape index (κ1) is 11.3. The third-order valence-electron chi connectivity index (χ3n) is 2.87. The highest BCUT2D eigenvalue weighted by Crippen LogP contribution is 2.29. The van der Waals surface area contributed by atoms with Gasteiger partial charge in [0, 0.05) is 13.2 Å². The molecule has 2 rings (SSSR count). The van der Waals surface area contributed by atoms with Crippen LogP contribution in [0.5, 0.6) is 0 Å². The highest BCUT2D eigenvalue weighted by atomic mass is 16.5. The van der Waals surface area contributed by atoms with Crippen molar-refractivity contribution in [1.29, 1.82) is 0 Å². The van der Waals surface area contributed by atoms with Crippen molar-refractivity contribution in [2.45, 2.75) is 45.3 Å². The predicted molar refractivity (Wildman–Crippen MR) is 58.2 cm³/mol. The molecule has 1 aromatic heterocycles. The maximum absolute atomic E-state index is 10.9. The zero-order valence-electron chi connectivity index (χ0n) is 9.56. The van der Waals surface area contributed by atoms with Crippen molar-refractivity contribution in [3.05, 3.63) is 11.4 Å². The van der Waals surface area contributed by atoms with Gasteiger partial charge in [-0.25, -0.2) is 4.68 Å². The highest BCUT2D eigenvalue weighted by Gasteiger charge is 2.26. The van der Waals surface area contributed by atoms with Crippen LogP contribution in [0.25, 0.3) is 0 Å². The summed E-state index contributed by atoms with van der Waals surface area (Å²) in [5.41, 5.74) is 1.30. The molecule has 16 heavy (non-hydrogen) atoms. The molecule has 1 aliphatic heterocycles. The molecule has 0 bridgehead atoms.